The maximum atomic E-state index is 5.45. The molecule has 0 radical (unpaired) electrons. The molecule has 1 aliphatic carbocycles. The van der Waals surface area contributed by atoms with Gasteiger partial charge in [0.05, 0.1) is 5.71 Å². The molecule has 3 atom stereocenters. The summed E-state index contributed by atoms with van der Waals surface area (Å²) in [6.45, 7) is 0. The fraction of sp³-hybridized carbons (Fsp3) is 0.0769. The fourth-order valence-corrected chi connectivity index (χ4v) is 7.91. The molecule has 1 aliphatic heterocycles. The van der Waals surface area contributed by atoms with E-state index in [2.05, 4.69) is 211 Å². The van der Waals surface area contributed by atoms with Crippen LogP contribution < -0.4 is 0 Å². The lowest BCUT2D eigenvalue weighted by Crippen LogP contribution is -2.27. The SMILES string of the molecule is CN1C(c2cccc(-c3cccnc3)c2)=CC(c2ccc(-c3ccccc3)cc2)=NC1c1cccc(-c2ccc(C3C=CC=CC3c3ccccc3)cc2)c1. The minimum atomic E-state index is -0.226. The second-order valence-corrected chi connectivity index (χ2v) is 14.3. The van der Waals surface area contributed by atoms with Gasteiger partial charge in [0.15, 0.2) is 0 Å². The van der Waals surface area contributed by atoms with E-state index in [0.717, 1.165) is 39.2 Å². The molecule has 55 heavy (non-hydrogen) atoms. The molecule has 9 rings (SSSR count). The second kappa shape index (κ2) is 15.3. The Morgan fingerprint density at radius 1 is 0.436 bits per heavy atom. The molecule has 1 aromatic heterocycles. The van der Waals surface area contributed by atoms with Gasteiger partial charge in [-0.25, -0.2) is 0 Å². The zero-order valence-electron chi connectivity index (χ0n) is 30.8. The summed E-state index contributed by atoms with van der Waals surface area (Å²) in [5.74, 6) is 0.608. The molecule has 0 saturated carbocycles. The minimum absolute atomic E-state index is 0.226. The van der Waals surface area contributed by atoms with Crippen LogP contribution in [0.3, 0.4) is 0 Å². The van der Waals surface area contributed by atoms with Crippen molar-refractivity contribution in [3.05, 3.63) is 240 Å². The summed E-state index contributed by atoms with van der Waals surface area (Å²) in [7, 11) is 2.16. The predicted molar refractivity (Wildman–Crippen MR) is 229 cm³/mol. The van der Waals surface area contributed by atoms with Gasteiger partial charge in [-0.05, 0) is 79.9 Å². The Morgan fingerprint density at radius 2 is 0.964 bits per heavy atom. The molecule has 2 heterocycles. The van der Waals surface area contributed by atoms with Crippen LogP contribution in [-0.2, 0) is 0 Å². The highest BCUT2D eigenvalue weighted by Crippen LogP contribution is 2.40. The standard InChI is InChI=1S/C52H41N3/c1-55-51(45-19-10-18-44(33-45)47-21-12-32-53-36-47)35-50(42-30-26-38(27-31-42)37-13-4-2-5-14-37)54-52(55)46-20-11-17-43(34-46)39-24-28-41(29-25-39)49-23-9-8-22-48(49)40-15-6-3-7-16-40/h2-36,48-49,52H,1H3. The van der Waals surface area contributed by atoms with E-state index >= 15 is 0 Å². The minimum Gasteiger partial charge on any atom is -0.349 e. The quantitative estimate of drug-likeness (QED) is 0.157. The van der Waals surface area contributed by atoms with Gasteiger partial charge in [-0.3, -0.25) is 9.98 Å². The Bertz CT molecular complexity index is 2530. The van der Waals surface area contributed by atoms with Gasteiger partial charge in [-0.15, -0.1) is 0 Å². The summed E-state index contributed by atoms with van der Waals surface area (Å²) >= 11 is 0. The zero-order chi connectivity index (χ0) is 37.0. The molecule has 7 aromatic rings. The van der Waals surface area contributed by atoms with Crippen LogP contribution in [0.2, 0.25) is 0 Å². The number of benzene rings is 6. The van der Waals surface area contributed by atoms with Gasteiger partial charge in [0.25, 0.3) is 0 Å². The van der Waals surface area contributed by atoms with Crippen LogP contribution in [0.15, 0.2) is 218 Å². The summed E-state index contributed by atoms with van der Waals surface area (Å²) < 4.78 is 0. The largest absolute Gasteiger partial charge is 0.349 e. The molecule has 0 fully saturated rings. The number of rotatable bonds is 8. The number of hydrogen-bond donors (Lipinski definition) is 0. The van der Waals surface area contributed by atoms with E-state index in [0.29, 0.717) is 11.8 Å². The van der Waals surface area contributed by atoms with Crippen molar-refractivity contribution >= 4 is 11.4 Å². The summed E-state index contributed by atoms with van der Waals surface area (Å²) in [6.07, 6.45) is 14.7. The molecule has 0 saturated heterocycles. The van der Waals surface area contributed by atoms with E-state index < -0.39 is 0 Å². The van der Waals surface area contributed by atoms with Gasteiger partial charge in [0.1, 0.15) is 6.17 Å². The van der Waals surface area contributed by atoms with Crippen molar-refractivity contribution in [3.8, 4) is 33.4 Å². The van der Waals surface area contributed by atoms with E-state index in [1.807, 2.05) is 18.5 Å². The summed E-state index contributed by atoms with van der Waals surface area (Å²) in [5, 5.41) is 0. The van der Waals surface area contributed by atoms with Crippen molar-refractivity contribution in [3.63, 3.8) is 0 Å². The first-order valence-corrected chi connectivity index (χ1v) is 19.0. The second-order valence-electron chi connectivity index (χ2n) is 14.3. The molecular weight excluding hydrogens is 667 g/mol. The highest BCUT2D eigenvalue weighted by Gasteiger charge is 2.26. The Balaban J connectivity index is 1.06. The molecule has 2 aliphatic rings. The number of pyridine rings is 1. The third kappa shape index (κ3) is 7.13. The van der Waals surface area contributed by atoms with Crippen molar-refractivity contribution in [1.29, 1.82) is 0 Å². The van der Waals surface area contributed by atoms with E-state index in [4.69, 9.17) is 4.99 Å². The van der Waals surface area contributed by atoms with Gasteiger partial charge in [-0.1, -0.05) is 176 Å². The van der Waals surface area contributed by atoms with Crippen molar-refractivity contribution < 1.29 is 0 Å². The first-order valence-electron chi connectivity index (χ1n) is 19.0. The molecule has 6 aromatic carbocycles. The van der Waals surface area contributed by atoms with E-state index in [1.54, 1.807) is 0 Å². The average molecular weight is 708 g/mol. The van der Waals surface area contributed by atoms with Crippen LogP contribution in [-0.4, -0.2) is 22.6 Å². The molecule has 0 bridgehead atoms. The Morgan fingerprint density at radius 3 is 1.67 bits per heavy atom. The van der Waals surface area contributed by atoms with Crippen molar-refractivity contribution in [2.45, 2.75) is 18.0 Å². The molecule has 3 heteroatoms. The summed E-state index contributed by atoms with van der Waals surface area (Å²) in [4.78, 5) is 12.1. The van der Waals surface area contributed by atoms with Crippen LogP contribution in [0.4, 0.5) is 0 Å². The Labute approximate surface area is 324 Å². The number of aromatic nitrogens is 1. The van der Waals surface area contributed by atoms with Gasteiger partial charge < -0.3 is 4.90 Å². The van der Waals surface area contributed by atoms with Crippen LogP contribution in [0, 0.1) is 0 Å². The molecular formula is C52H41N3. The first kappa shape index (κ1) is 34.0. The number of allylic oxidation sites excluding steroid dienone is 5. The highest BCUT2D eigenvalue weighted by molar-refractivity contribution is 6.13. The third-order valence-electron chi connectivity index (χ3n) is 10.9. The van der Waals surface area contributed by atoms with E-state index in [-0.39, 0.29) is 6.17 Å². The van der Waals surface area contributed by atoms with Crippen molar-refractivity contribution in [2.24, 2.45) is 4.99 Å². The van der Waals surface area contributed by atoms with Crippen molar-refractivity contribution in [1.82, 2.24) is 9.88 Å². The molecule has 0 amide bonds. The zero-order valence-corrected chi connectivity index (χ0v) is 30.8. The van der Waals surface area contributed by atoms with E-state index in [9.17, 15) is 0 Å². The Hall–Kier alpha value is -6.84. The van der Waals surface area contributed by atoms with Crippen molar-refractivity contribution in [2.75, 3.05) is 7.05 Å². The molecule has 0 spiro atoms. The number of hydrogen-bond acceptors (Lipinski definition) is 3. The number of nitrogens with zero attached hydrogens (tertiary/aromatic N) is 3. The topological polar surface area (TPSA) is 28.5 Å². The van der Waals surface area contributed by atoms with Gasteiger partial charge in [0.2, 0.25) is 0 Å². The molecule has 0 N–H and O–H groups in total. The van der Waals surface area contributed by atoms with Gasteiger partial charge in [-0.2, -0.15) is 0 Å². The Kier molecular flexibility index (Phi) is 9.42. The van der Waals surface area contributed by atoms with E-state index in [1.165, 1.54) is 33.4 Å². The predicted octanol–water partition coefficient (Wildman–Crippen LogP) is 12.6. The lowest BCUT2D eigenvalue weighted by Gasteiger charge is -2.34. The summed E-state index contributed by atoms with van der Waals surface area (Å²) in [5.41, 5.74) is 15.1. The van der Waals surface area contributed by atoms with Crippen LogP contribution in [0.1, 0.15) is 45.8 Å². The fourth-order valence-electron chi connectivity index (χ4n) is 7.91. The molecule has 264 valence electrons. The first-order chi connectivity index (χ1) is 27.2. The normalized spacial score (nSPS) is 17.8. The van der Waals surface area contributed by atoms with Crippen LogP contribution in [0.25, 0.3) is 39.1 Å². The third-order valence-corrected chi connectivity index (χ3v) is 10.9. The van der Waals surface area contributed by atoms with Gasteiger partial charge in [0, 0.05) is 42.5 Å². The average Bonchev–Trinajstić information content (AvgIpc) is 3.27. The maximum Gasteiger partial charge on any atom is 0.147 e. The van der Waals surface area contributed by atoms with Gasteiger partial charge >= 0.3 is 0 Å². The lowest BCUT2D eigenvalue weighted by atomic mass is 9.79. The number of aliphatic imine (C=N–C) groups is 1. The lowest BCUT2D eigenvalue weighted by molar-refractivity contribution is 0.364. The smallest absolute Gasteiger partial charge is 0.147 e. The monoisotopic (exact) mass is 707 g/mol. The summed E-state index contributed by atoms with van der Waals surface area (Å²) in [6, 6.07) is 61.0. The highest BCUT2D eigenvalue weighted by atomic mass is 15.2. The maximum absolute atomic E-state index is 5.45. The van der Waals surface area contributed by atoms with Crippen LogP contribution >= 0.6 is 0 Å². The van der Waals surface area contributed by atoms with Crippen LogP contribution in [0.5, 0.6) is 0 Å². The molecule has 3 unspecified atom stereocenters. The molecule has 3 nitrogen and oxygen atoms in total.